The Morgan fingerprint density at radius 3 is 3.06 bits per heavy atom. The number of hydrogen-bond donors (Lipinski definition) is 2. The summed E-state index contributed by atoms with van der Waals surface area (Å²) in [6, 6.07) is 3.58. The lowest BCUT2D eigenvalue weighted by Crippen LogP contribution is -2.11. The number of pyridine rings is 1. The van der Waals surface area contributed by atoms with E-state index >= 15 is 0 Å². The Morgan fingerprint density at radius 1 is 1.69 bits per heavy atom. The van der Waals surface area contributed by atoms with Crippen LogP contribution in [0.25, 0.3) is 0 Å². The zero-order valence-corrected chi connectivity index (χ0v) is 10.7. The molecule has 0 aliphatic carbocycles. The van der Waals surface area contributed by atoms with Crippen molar-refractivity contribution in [2.75, 3.05) is 23.9 Å². The molecular weight excluding hydrogens is 242 g/mol. The number of nitrogens with zero attached hydrogens (tertiary/aromatic N) is 1. The fourth-order valence-electron chi connectivity index (χ4n) is 1.17. The number of anilines is 1. The molecule has 0 aromatic carbocycles. The van der Waals surface area contributed by atoms with Crippen LogP contribution in [-0.4, -0.2) is 32.7 Å². The Bertz CT molecular complexity index is 395. The minimum Gasteiger partial charge on any atom is -0.389 e. The quantitative estimate of drug-likeness (QED) is 0.585. The zero-order valence-electron chi connectivity index (χ0n) is 9.10. The topological polar surface area (TPSA) is 68.0 Å². The first-order chi connectivity index (χ1) is 7.59. The van der Waals surface area contributed by atoms with Gasteiger partial charge in [-0.3, -0.25) is 4.21 Å². The van der Waals surface area contributed by atoms with Gasteiger partial charge in [-0.1, -0.05) is 12.2 Å². The highest BCUT2D eigenvalue weighted by molar-refractivity contribution is 7.84. The fourth-order valence-corrected chi connectivity index (χ4v) is 1.85. The van der Waals surface area contributed by atoms with Gasteiger partial charge in [0.05, 0.1) is 0 Å². The summed E-state index contributed by atoms with van der Waals surface area (Å²) >= 11 is 4.87. The Labute approximate surface area is 103 Å². The van der Waals surface area contributed by atoms with E-state index in [-0.39, 0.29) is 0 Å². The van der Waals surface area contributed by atoms with Gasteiger partial charge in [0.25, 0.3) is 0 Å². The van der Waals surface area contributed by atoms with Gasteiger partial charge >= 0.3 is 0 Å². The van der Waals surface area contributed by atoms with E-state index in [4.69, 9.17) is 18.0 Å². The minimum absolute atomic E-state index is 0.361. The number of rotatable bonds is 6. The normalized spacial score (nSPS) is 12.1. The van der Waals surface area contributed by atoms with Gasteiger partial charge in [0.15, 0.2) is 0 Å². The SMILES string of the molecule is CS(=O)CCCNc1cc(C(N)=S)ccn1. The zero-order chi connectivity index (χ0) is 12.0. The first kappa shape index (κ1) is 13.1. The van der Waals surface area contributed by atoms with Crippen molar-refractivity contribution in [2.24, 2.45) is 5.73 Å². The van der Waals surface area contributed by atoms with Gasteiger partial charge in [-0.2, -0.15) is 0 Å². The van der Waals surface area contributed by atoms with Crippen molar-refractivity contribution in [1.82, 2.24) is 4.98 Å². The van der Waals surface area contributed by atoms with Gasteiger partial charge in [-0.25, -0.2) is 4.98 Å². The highest BCUT2D eigenvalue weighted by Crippen LogP contribution is 2.06. The molecule has 1 heterocycles. The minimum atomic E-state index is -0.736. The molecule has 0 amide bonds. The lowest BCUT2D eigenvalue weighted by atomic mass is 10.2. The molecule has 0 aliphatic heterocycles. The van der Waals surface area contributed by atoms with Gasteiger partial charge in [0.2, 0.25) is 0 Å². The molecule has 1 rings (SSSR count). The molecule has 0 fully saturated rings. The number of aromatic nitrogens is 1. The molecule has 0 radical (unpaired) electrons. The third kappa shape index (κ3) is 4.67. The molecular formula is C10H15N3OS2. The van der Waals surface area contributed by atoms with Crippen LogP contribution in [0.2, 0.25) is 0 Å². The summed E-state index contributed by atoms with van der Waals surface area (Å²) in [7, 11) is -0.736. The summed E-state index contributed by atoms with van der Waals surface area (Å²) in [5, 5.41) is 3.13. The van der Waals surface area contributed by atoms with Crippen molar-refractivity contribution >= 4 is 33.8 Å². The van der Waals surface area contributed by atoms with Gasteiger partial charge in [0, 0.05) is 41.1 Å². The Hall–Kier alpha value is -1.01. The Kier molecular flexibility index (Phi) is 5.34. The molecule has 1 unspecified atom stereocenters. The molecule has 16 heavy (non-hydrogen) atoms. The molecule has 1 atom stereocenters. The van der Waals surface area contributed by atoms with E-state index in [1.807, 2.05) is 6.07 Å². The smallest absolute Gasteiger partial charge is 0.126 e. The van der Waals surface area contributed by atoms with E-state index in [1.165, 1.54) is 0 Å². The fraction of sp³-hybridized carbons (Fsp3) is 0.400. The van der Waals surface area contributed by atoms with Crippen LogP contribution in [0.1, 0.15) is 12.0 Å². The molecule has 1 aromatic rings. The van der Waals surface area contributed by atoms with Crippen LogP contribution in [0.5, 0.6) is 0 Å². The first-order valence-electron chi connectivity index (χ1n) is 4.89. The molecule has 0 saturated carbocycles. The molecule has 0 saturated heterocycles. The third-order valence-corrected chi connectivity index (χ3v) is 3.06. The standard InChI is InChI=1S/C10H15N3OS2/c1-16(14)6-2-4-12-9-7-8(10(11)15)3-5-13-9/h3,5,7H,2,4,6H2,1H3,(H2,11,15)(H,12,13). The summed E-state index contributed by atoms with van der Waals surface area (Å²) < 4.78 is 10.8. The van der Waals surface area contributed by atoms with Crippen LogP contribution in [0.4, 0.5) is 5.82 Å². The van der Waals surface area contributed by atoms with Crippen molar-refractivity contribution in [3.05, 3.63) is 23.9 Å². The van der Waals surface area contributed by atoms with Crippen molar-refractivity contribution in [3.63, 3.8) is 0 Å². The van der Waals surface area contributed by atoms with Crippen LogP contribution < -0.4 is 11.1 Å². The van der Waals surface area contributed by atoms with E-state index in [0.717, 1.165) is 24.3 Å². The van der Waals surface area contributed by atoms with Gasteiger partial charge in [0.1, 0.15) is 10.8 Å². The maximum atomic E-state index is 10.8. The van der Waals surface area contributed by atoms with Gasteiger partial charge in [-0.05, 0) is 18.6 Å². The van der Waals surface area contributed by atoms with Crippen molar-refractivity contribution in [2.45, 2.75) is 6.42 Å². The Balaban J connectivity index is 2.45. The number of nitrogens with one attached hydrogen (secondary N) is 1. The summed E-state index contributed by atoms with van der Waals surface area (Å²) in [5.41, 5.74) is 6.31. The molecule has 1 aromatic heterocycles. The average molecular weight is 257 g/mol. The second-order valence-corrected chi connectivity index (χ2v) is 5.35. The molecule has 0 aliphatic rings. The largest absolute Gasteiger partial charge is 0.389 e. The van der Waals surface area contributed by atoms with E-state index in [2.05, 4.69) is 10.3 Å². The van der Waals surface area contributed by atoms with Gasteiger partial charge < -0.3 is 11.1 Å². The van der Waals surface area contributed by atoms with Crippen LogP contribution >= 0.6 is 12.2 Å². The predicted octanol–water partition coefficient (Wildman–Crippen LogP) is 0.896. The Morgan fingerprint density at radius 2 is 2.44 bits per heavy atom. The van der Waals surface area contributed by atoms with Gasteiger partial charge in [-0.15, -0.1) is 0 Å². The lowest BCUT2D eigenvalue weighted by molar-refractivity contribution is 0.685. The maximum Gasteiger partial charge on any atom is 0.126 e. The molecule has 6 heteroatoms. The second kappa shape index (κ2) is 6.55. The van der Waals surface area contributed by atoms with Crippen LogP contribution in [0, 0.1) is 0 Å². The average Bonchev–Trinajstić information content (AvgIpc) is 2.24. The van der Waals surface area contributed by atoms with Crippen molar-refractivity contribution in [1.29, 1.82) is 0 Å². The number of thiocarbonyl (C=S) groups is 1. The van der Waals surface area contributed by atoms with E-state index in [1.54, 1.807) is 18.5 Å². The molecule has 88 valence electrons. The molecule has 4 nitrogen and oxygen atoms in total. The highest BCUT2D eigenvalue weighted by atomic mass is 32.2. The van der Waals surface area contributed by atoms with Crippen LogP contribution in [0.3, 0.4) is 0 Å². The molecule has 0 bridgehead atoms. The first-order valence-corrected chi connectivity index (χ1v) is 7.03. The predicted molar refractivity (Wildman–Crippen MR) is 72.2 cm³/mol. The maximum absolute atomic E-state index is 10.8. The van der Waals surface area contributed by atoms with E-state index in [0.29, 0.717) is 10.7 Å². The summed E-state index contributed by atoms with van der Waals surface area (Å²) in [6.07, 6.45) is 4.21. The van der Waals surface area contributed by atoms with Crippen LogP contribution in [0.15, 0.2) is 18.3 Å². The molecule has 3 N–H and O–H groups in total. The van der Waals surface area contributed by atoms with E-state index in [9.17, 15) is 4.21 Å². The molecule has 0 spiro atoms. The summed E-state index contributed by atoms with van der Waals surface area (Å²) in [4.78, 5) is 4.50. The number of hydrogen-bond acceptors (Lipinski definition) is 4. The van der Waals surface area contributed by atoms with Crippen molar-refractivity contribution in [3.8, 4) is 0 Å². The van der Waals surface area contributed by atoms with Crippen molar-refractivity contribution < 1.29 is 4.21 Å². The van der Waals surface area contributed by atoms with E-state index < -0.39 is 10.8 Å². The monoisotopic (exact) mass is 257 g/mol. The lowest BCUT2D eigenvalue weighted by Gasteiger charge is -2.06. The summed E-state index contributed by atoms with van der Waals surface area (Å²) in [6.45, 7) is 0.743. The number of nitrogens with two attached hydrogens (primary N) is 1. The highest BCUT2D eigenvalue weighted by Gasteiger charge is 1.99. The van der Waals surface area contributed by atoms with Crippen LogP contribution in [-0.2, 0) is 10.8 Å². The second-order valence-electron chi connectivity index (χ2n) is 3.35. The summed E-state index contributed by atoms with van der Waals surface area (Å²) in [5.74, 6) is 1.44. The third-order valence-electron chi connectivity index (χ3n) is 1.96.